The Morgan fingerprint density at radius 1 is 1.50 bits per heavy atom. The van der Waals surface area contributed by atoms with Crippen molar-refractivity contribution in [3.05, 3.63) is 12.7 Å². The topological polar surface area (TPSA) is 102 Å². The van der Waals surface area contributed by atoms with Gasteiger partial charge < -0.3 is 9.63 Å². The molecule has 0 spiro atoms. The largest absolute Gasteiger partial charge is 0.499 e. The van der Waals surface area contributed by atoms with E-state index in [2.05, 4.69) is 20.5 Å². The summed E-state index contributed by atoms with van der Waals surface area (Å²) in [5.41, 5.74) is 0. The predicted octanol–water partition coefficient (Wildman–Crippen LogP) is 0.712. The highest BCUT2D eigenvalue weighted by Crippen LogP contribution is 2.41. The van der Waals surface area contributed by atoms with Crippen molar-refractivity contribution in [2.45, 2.75) is 6.42 Å². The molecule has 0 aromatic heterocycles. The van der Waals surface area contributed by atoms with Crippen molar-refractivity contribution in [2.24, 2.45) is 0 Å². The minimum atomic E-state index is -4.35. The summed E-state index contributed by atoms with van der Waals surface area (Å²) >= 11 is 0. The van der Waals surface area contributed by atoms with Crippen molar-refractivity contribution in [3.63, 3.8) is 0 Å². The number of ether oxygens (including phenoxy) is 1. The summed E-state index contributed by atoms with van der Waals surface area (Å²) in [6, 6.07) is 0. The van der Waals surface area contributed by atoms with Crippen molar-refractivity contribution in [1.29, 1.82) is 0 Å². The van der Waals surface area contributed by atoms with Gasteiger partial charge in [0, 0.05) is 12.5 Å². The molecule has 82 valence electrons. The van der Waals surface area contributed by atoms with Crippen LogP contribution in [-0.4, -0.2) is 29.3 Å². The molecule has 1 unspecified atom stereocenters. The van der Waals surface area contributed by atoms with Gasteiger partial charge in [-0.1, -0.05) is 6.58 Å². The minimum Gasteiger partial charge on any atom is -0.462 e. The van der Waals surface area contributed by atoms with E-state index >= 15 is 0 Å². The molecule has 0 aliphatic heterocycles. The van der Waals surface area contributed by atoms with E-state index < -0.39 is 13.8 Å². The molecule has 0 radical (unpaired) electrons. The summed E-state index contributed by atoms with van der Waals surface area (Å²) < 4.78 is 22.4. The molecule has 14 heavy (non-hydrogen) atoms. The lowest BCUT2D eigenvalue weighted by Gasteiger charge is -2.06. The average molecular weight is 226 g/mol. The first-order chi connectivity index (χ1) is 6.52. The van der Waals surface area contributed by atoms with Crippen LogP contribution in [0.1, 0.15) is 6.42 Å². The number of rotatable bonds is 7. The van der Waals surface area contributed by atoms with Gasteiger partial charge in [0.15, 0.2) is 0 Å². The molecule has 0 amide bonds. The molecule has 0 aliphatic carbocycles. The van der Waals surface area contributed by atoms with Gasteiger partial charge in [0.2, 0.25) is 0 Å². The Kier molecular flexibility index (Phi) is 6.35. The highest BCUT2D eigenvalue weighted by Gasteiger charge is 2.19. The van der Waals surface area contributed by atoms with Crippen molar-refractivity contribution in [1.82, 2.24) is 0 Å². The van der Waals surface area contributed by atoms with E-state index in [0.717, 1.165) is 6.08 Å². The zero-order chi connectivity index (χ0) is 11.0. The van der Waals surface area contributed by atoms with Crippen LogP contribution < -0.4 is 0 Å². The Labute approximate surface area is 80.4 Å². The van der Waals surface area contributed by atoms with Crippen molar-refractivity contribution < 1.29 is 33.4 Å². The molecule has 0 heterocycles. The number of esters is 1. The Hall–Kier alpha value is -0.720. The third-order valence-electron chi connectivity index (χ3n) is 1.06. The summed E-state index contributed by atoms with van der Waals surface area (Å²) in [6.45, 7) is 3.01. The Balaban J connectivity index is 3.43. The van der Waals surface area contributed by atoms with Crippen molar-refractivity contribution in [3.8, 4) is 0 Å². The second-order valence-corrected chi connectivity index (χ2v) is 3.47. The fourth-order valence-corrected chi connectivity index (χ4v) is 0.901. The second kappa shape index (κ2) is 6.69. The van der Waals surface area contributed by atoms with Crippen molar-refractivity contribution in [2.75, 3.05) is 13.2 Å². The third-order valence-corrected chi connectivity index (χ3v) is 1.77. The molecule has 0 aliphatic rings. The van der Waals surface area contributed by atoms with E-state index in [1.807, 2.05) is 0 Å². The lowest BCUT2D eigenvalue weighted by molar-refractivity contribution is -0.162. The molecule has 0 bridgehead atoms. The maximum atomic E-state index is 10.5. The van der Waals surface area contributed by atoms with Gasteiger partial charge >= 0.3 is 13.8 Å². The van der Waals surface area contributed by atoms with Crippen LogP contribution in [0.2, 0.25) is 0 Å². The molecule has 8 heteroatoms. The Morgan fingerprint density at radius 3 is 2.64 bits per heavy atom. The van der Waals surface area contributed by atoms with E-state index in [1.165, 1.54) is 0 Å². The normalized spacial score (nSPS) is 14.4. The van der Waals surface area contributed by atoms with E-state index in [9.17, 15) is 9.36 Å². The van der Waals surface area contributed by atoms with E-state index in [-0.39, 0.29) is 19.6 Å². The third kappa shape index (κ3) is 6.76. The summed E-state index contributed by atoms with van der Waals surface area (Å²) in [4.78, 5) is 19.0. The van der Waals surface area contributed by atoms with Gasteiger partial charge in [-0.3, -0.25) is 4.52 Å². The van der Waals surface area contributed by atoms with E-state index in [4.69, 9.17) is 10.2 Å². The van der Waals surface area contributed by atoms with Gasteiger partial charge in [0.25, 0.3) is 0 Å². The fourth-order valence-electron chi connectivity index (χ4n) is 0.494. The standard InChI is InChI=1S/C6H11O7P/c1-2-6(7)11-4-3-5-12-14(9,10)13-8/h2,8H,1,3-5H2,(H,9,10). The van der Waals surface area contributed by atoms with Crippen LogP contribution in [0.4, 0.5) is 0 Å². The van der Waals surface area contributed by atoms with Crippen LogP contribution >= 0.6 is 7.82 Å². The lowest BCUT2D eigenvalue weighted by Crippen LogP contribution is -2.04. The zero-order valence-electron chi connectivity index (χ0n) is 7.29. The highest BCUT2D eigenvalue weighted by molar-refractivity contribution is 7.47. The zero-order valence-corrected chi connectivity index (χ0v) is 8.18. The molecule has 0 rings (SSSR count). The summed E-state index contributed by atoms with van der Waals surface area (Å²) in [5.74, 6) is -0.587. The quantitative estimate of drug-likeness (QED) is 0.164. The van der Waals surface area contributed by atoms with Gasteiger partial charge in [0.05, 0.1) is 13.2 Å². The van der Waals surface area contributed by atoms with E-state index in [1.54, 1.807) is 0 Å². The molecule has 0 aromatic carbocycles. The van der Waals surface area contributed by atoms with Gasteiger partial charge in [-0.25, -0.2) is 14.6 Å². The number of hydrogen-bond acceptors (Lipinski definition) is 6. The van der Waals surface area contributed by atoms with Crippen LogP contribution in [0.3, 0.4) is 0 Å². The minimum absolute atomic E-state index is 0.0241. The molecular weight excluding hydrogens is 215 g/mol. The number of phosphoric ester groups is 1. The van der Waals surface area contributed by atoms with Crippen LogP contribution in [0.15, 0.2) is 12.7 Å². The first-order valence-electron chi connectivity index (χ1n) is 3.61. The maximum Gasteiger partial charge on any atom is 0.499 e. The monoisotopic (exact) mass is 226 g/mol. The predicted molar refractivity (Wildman–Crippen MR) is 45.3 cm³/mol. The number of hydrogen-bond donors (Lipinski definition) is 2. The van der Waals surface area contributed by atoms with Gasteiger partial charge in [-0.05, 0) is 0 Å². The molecule has 2 N–H and O–H groups in total. The first kappa shape index (κ1) is 13.3. The number of phosphoric acid groups is 1. The second-order valence-electron chi connectivity index (χ2n) is 2.11. The van der Waals surface area contributed by atoms with Crippen LogP contribution in [0, 0.1) is 0 Å². The molecule has 0 saturated heterocycles. The van der Waals surface area contributed by atoms with Gasteiger partial charge in [-0.2, -0.15) is 0 Å². The fraction of sp³-hybridized carbons (Fsp3) is 0.500. The van der Waals surface area contributed by atoms with Crippen LogP contribution in [-0.2, 0) is 23.3 Å². The van der Waals surface area contributed by atoms with Crippen LogP contribution in [0.5, 0.6) is 0 Å². The molecule has 7 nitrogen and oxygen atoms in total. The SMILES string of the molecule is C=CC(=O)OCCCOP(=O)(O)OO. The van der Waals surface area contributed by atoms with Gasteiger partial charge in [-0.15, -0.1) is 4.67 Å². The molecular formula is C6H11O7P. The maximum absolute atomic E-state index is 10.5. The summed E-state index contributed by atoms with van der Waals surface area (Å²) in [7, 11) is -4.35. The molecule has 1 atom stereocenters. The Bertz CT molecular complexity index is 238. The van der Waals surface area contributed by atoms with E-state index in [0.29, 0.717) is 0 Å². The first-order valence-corrected chi connectivity index (χ1v) is 5.11. The number of carbonyl (C=O) groups excluding carboxylic acids is 1. The smallest absolute Gasteiger partial charge is 0.462 e. The average Bonchev–Trinajstić information content (AvgIpc) is 2.17. The van der Waals surface area contributed by atoms with Gasteiger partial charge in [0.1, 0.15) is 0 Å². The molecule has 0 fully saturated rings. The Morgan fingerprint density at radius 2 is 2.14 bits per heavy atom. The summed E-state index contributed by atoms with van der Waals surface area (Å²) in [5, 5.41) is 7.84. The highest BCUT2D eigenvalue weighted by atomic mass is 31.2. The molecule has 0 saturated carbocycles. The summed E-state index contributed by atoms with van der Waals surface area (Å²) in [6.07, 6.45) is 1.20. The molecule has 0 aromatic rings. The lowest BCUT2D eigenvalue weighted by atomic mass is 10.5. The van der Waals surface area contributed by atoms with Crippen molar-refractivity contribution >= 4 is 13.8 Å². The number of carbonyl (C=O) groups is 1. The van der Waals surface area contributed by atoms with Crippen LogP contribution in [0.25, 0.3) is 0 Å².